The number of nitrogens with zero attached hydrogens (tertiary/aromatic N) is 4. The fourth-order valence-electron chi connectivity index (χ4n) is 5.87. The maximum atomic E-state index is 13.2. The van der Waals surface area contributed by atoms with E-state index in [0.717, 1.165) is 30.4 Å². The molecule has 2 fully saturated rings. The SMILES string of the molecule is C=CC1=C(C(=O)N=[N+]=[N-])C[C@@H]2C[C@@H](C)C[C@H]3[C@@H]2C[C@@H]1CN3C(=O)OCc1ccccc1. The van der Waals surface area contributed by atoms with Gasteiger partial charge in [0.1, 0.15) is 6.61 Å². The summed E-state index contributed by atoms with van der Waals surface area (Å²) in [7, 11) is 0. The Balaban J connectivity index is 1.63. The van der Waals surface area contributed by atoms with Crippen LogP contribution in [0.25, 0.3) is 10.4 Å². The van der Waals surface area contributed by atoms with Crippen molar-refractivity contribution in [1.29, 1.82) is 0 Å². The normalized spacial score (nSPS) is 29.5. The van der Waals surface area contributed by atoms with Crippen molar-refractivity contribution in [2.24, 2.45) is 28.8 Å². The Morgan fingerprint density at radius 1 is 1.29 bits per heavy atom. The van der Waals surface area contributed by atoms with Gasteiger partial charge in [0, 0.05) is 29.0 Å². The first-order chi connectivity index (χ1) is 15.0. The van der Waals surface area contributed by atoms with Crippen LogP contribution in [0.4, 0.5) is 4.79 Å². The summed E-state index contributed by atoms with van der Waals surface area (Å²) in [5.74, 6) is 0.484. The zero-order valence-electron chi connectivity index (χ0n) is 17.8. The van der Waals surface area contributed by atoms with Crippen LogP contribution < -0.4 is 0 Å². The topological polar surface area (TPSA) is 95.4 Å². The molecule has 1 aliphatic heterocycles. The van der Waals surface area contributed by atoms with Crippen molar-refractivity contribution in [3.05, 3.63) is 70.1 Å². The molecule has 0 unspecified atom stereocenters. The second-order valence-corrected chi connectivity index (χ2v) is 9.03. The number of piperidine rings is 1. The van der Waals surface area contributed by atoms with Crippen molar-refractivity contribution >= 4 is 12.0 Å². The third-order valence-corrected chi connectivity index (χ3v) is 7.13. The first-order valence-electron chi connectivity index (χ1n) is 10.9. The fourth-order valence-corrected chi connectivity index (χ4v) is 5.87. The van der Waals surface area contributed by atoms with E-state index in [1.807, 2.05) is 35.2 Å². The molecule has 2 aliphatic carbocycles. The predicted molar refractivity (Wildman–Crippen MR) is 117 cm³/mol. The number of hydrogen-bond donors (Lipinski definition) is 0. The number of carbonyl (C=O) groups excluding carboxylic acids is 2. The van der Waals surface area contributed by atoms with Crippen LogP contribution in [-0.2, 0) is 16.1 Å². The molecule has 1 saturated carbocycles. The predicted octanol–water partition coefficient (Wildman–Crippen LogP) is 5.40. The van der Waals surface area contributed by atoms with Gasteiger partial charge in [0.2, 0.25) is 5.91 Å². The highest BCUT2D eigenvalue weighted by Crippen LogP contribution is 2.50. The molecule has 0 N–H and O–H groups in total. The number of carbonyl (C=O) groups is 2. The van der Waals surface area contributed by atoms with Gasteiger partial charge in [-0.3, -0.25) is 4.79 Å². The van der Waals surface area contributed by atoms with Crippen molar-refractivity contribution in [2.75, 3.05) is 6.54 Å². The van der Waals surface area contributed by atoms with Crippen LogP contribution >= 0.6 is 0 Å². The minimum atomic E-state index is -0.516. The van der Waals surface area contributed by atoms with E-state index in [-0.39, 0.29) is 30.6 Å². The highest BCUT2D eigenvalue weighted by atomic mass is 16.6. The van der Waals surface area contributed by atoms with E-state index in [1.165, 1.54) is 0 Å². The van der Waals surface area contributed by atoms with E-state index in [1.54, 1.807) is 6.08 Å². The number of ether oxygens (including phenoxy) is 1. The number of benzene rings is 1. The molecule has 7 heteroatoms. The van der Waals surface area contributed by atoms with Gasteiger partial charge in [-0.25, -0.2) is 4.79 Å². The molecule has 1 saturated heterocycles. The Bertz CT molecular complexity index is 951. The lowest BCUT2D eigenvalue weighted by Gasteiger charge is -2.50. The summed E-state index contributed by atoms with van der Waals surface area (Å²) in [5.41, 5.74) is 11.1. The first-order valence-corrected chi connectivity index (χ1v) is 10.9. The zero-order chi connectivity index (χ0) is 22.0. The molecule has 5 atom stereocenters. The average molecular weight is 421 g/mol. The smallest absolute Gasteiger partial charge is 0.410 e. The Labute approximate surface area is 182 Å². The quantitative estimate of drug-likeness (QED) is 0.371. The monoisotopic (exact) mass is 420 g/mol. The minimum absolute atomic E-state index is 0.00530. The van der Waals surface area contributed by atoms with Crippen LogP contribution in [0.15, 0.2) is 59.2 Å². The third-order valence-electron chi connectivity index (χ3n) is 7.13. The van der Waals surface area contributed by atoms with Crippen molar-refractivity contribution in [2.45, 2.75) is 45.3 Å². The third kappa shape index (κ3) is 4.23. The second kappa shape index (κ2) is 8.98. The average Bonchev–Trinajstić information content (AvgIpc) is 2.91. The van der Waals surface area contributed by atoms with Crippen LogP contribution in [0.2, 0.25) is 0 Å². The maximum Gasteiger partial charge on any atom is 0.410 e. The molecular formula is C24H28N4O3. The molecule has 4 rings (SSSR count). The first kappa shape index (κ1) is 21.2. The molecule has 1 aromatic carbocycles. The maximum absolute atomic E-state index is 13.2. The van der Waals surface area contributed by atoms with Crippen LogP contribution in [0.1, 0.15) is 38.2 Å². The molecule has 0 spiro atoms. The highest BCUT2D eigenvalue weighted by Gasteiger charge is 2.49. The molecule has 162 valence electrons. The molecule has 0 radical (unpaired) electrons. The summed E-state index contributed by atoms with van der Waals surface area (Å²) >= 11 is 0. The second-order valence-electron chi connectivity index (χ2n) is 9.03. The molecule has 2 bridgehead atoms. The van der Waals surface area contributed by atoms with Gasteiger partial charge in [-0.15, -0.1) is 0 Å². The number of fused-ring (bicyclic) bond motifs is 1. The standard InChI is InChI=1S/C24H28N4O3/c1-3-19-18-12-20-17(11-21(19)23(29)26-27-25)9-15(2)10-22(20)28(13-18)24(30)31-14-16-7-5-4-6-8-16/h3-8,15,17-18,20,22H,1,9-14H2,2H3/t15-,17+,18-,20-,22+/m1/s1. The van der Waals surface area contributed by atoms with E-state index >= 15 is 0 Å². The molecule has 2 amide bonds. The number of amides is 2. The van der Waals surface area contributed by atoms with Crippen molar-refractivity contribution < 1.29 is 14.3 Å². The van der Waals surface area contributed by atoms with Crippen molar-refractivity contribution in [3.63, 3.8) is 0 Å². The Morgan fingerprint density at radius 3 is 2.77 bits per heavy atom. The van der Waals surface area contributed by atoms with Crippen LogP contribution in [0.3, 0.4) is 0 Å². The summed E-state index contributed by atoms with van der Waals surface area (Å²) < 4.78 is 5.69. The molecular weight excluding hydrogens is 392 g/mol. The van der Waals surface area contributed by atoms with Gasteiger partial charge in [0.05, 0.1) is 0 Å². The van der Waals surface area contributed by atoms with Gasteiger partial charge < -0.3 is 9.64 Å². The van der Waals surface area contributed by atoms with Gasteiger partial charge in [0.25, 0.3) is 0 Å². The summed E-state index contributed by atoms with van der Waals surface area (Å²) in [5, 5.41) is 3.38. The fraction of sp³-hybridized carbons (Fsp3) is 0.500. The van der Waals surface area contributed by atoms with Crippen LogP contribution in [-0.4, -0.2) is 29.5 Å². The lowest BCUT2D eigenvalue weighted by molar-refractivity contribution is -0.114. The number of azide groups is 1. The lowest BCUT2D eigenvalue weighted by atomic mass is 9.66. The van der Waals surface area contributed by atoms with Crippen molar-refractivity contribution in [3.8, 4) is 0 Å². The lowest BCUT2D eigenvalue weighted by Crippen LogP contribution is -2.55. The van der Waals surface area contributed by atoms with Gasteiger partial charge in [-0.2, -0.15) is 0 Å². The van der Waals surface area contributed by atoms with Gasteiger partial charge in [0.15, 0.2) is 0 Å². The molecule has 31 heavy (non-hydrogen) atoms. The largest absolute Gasteiger partial charge is 0.445 e. The Kier molecular flexibility index (Phi) is 6.14. The van der Waals surface area contributed by atoms with E-state index < -0.39 is 5.91 Å². The minimum Gasteiger partial charge on any atom is -0.445 e. The zero-order valence-corrected chi connectivity index (χ0v) is 17.8. The summed E-state index contributed by atoms with van der Waals surface area (Å²) in [6.45, 7) is 6.86. The Hall–Kier alpha value is -3.05. The Morgan fingerprint density at radius 2 is 2.06 bits per heavy atom. The van der Waals surface area contributed by atoms with Crippen molar-refractivity contribution in [1.82, 2.24) is 4.90 Å². The number of allylic oxidation sites excluding steroid dienone is 1. The van der Waals surface area contributed by atoms with E-state index in [0.29, 0.717) is 30.4 Å². The summed E-state index contributed by atoms with van der Waals surface area (Å²) in [6.07, 6.45) is 4.84. The van der Waals surface area contributed by atoms with Gasteiger partial charge in [-0.1, -0.05) is 49.9 Å². The van der Waals surface area contributed by atoms with Crippen LogP contribution in [0.5, 0.6) is 0 Å². The van der Waals surface area contributed by atoms with Gasteiger partial charge >= 0.3 is 6.09 Å². The highest BCUT2D eigenvalue weighted by molar-refractivity contribution is 5.95. The van der Waals surface area contributed by atoms with E-state index in [2.05, 4.69) is 23.5 Å². The molecule has 7 nitrogen and oxygen atoms in total. The molecule has 1 heterocycles. The van der Waals surface area contributed by atoms with Gasteiger partial charge in [-0.05, 0) is 65.2 Å². The van der Waals surface area contributed by atoms with Crippen LogP contribution in [0, 0.1) is 23.7 Å². The molecule has 3 aliphatic rings. The molecule has 0 aromatic heterocycles. The number of likely N-dealkylation sites (tertiary alicyclic amines) is 1. The number of hydrogen-bond acceptors (Lipinski definition) is 3. The van der Waals surface area contributed by atoms with E-state index in [9.17, 15) is 9.59 Å². The number of rotatable bonds is 4. The van der Waals surface area contributed by atoms with E-state index in [4.69, 9.17) is 10.3 Å². The summed E-state index contributed by atoms with van der Waals surface area (Å²) in [4.78, 5) is 30.4. The summed E-state index contributed by atoms with van der Waals surface area (Å²) in [6, 6.07) is 9.77. The molecule has 1 aromatic rings.